The van der Waals surface area contributed by atoms with Gasteiger partial charge in [-0.3, -0.25) is 0 Å². The summed E-state index contributed by atoms with van der Waals surface area (Å²) in [5, 5.41) is 0. The zero-order chi connectivity index (χ0) is 14.1. The van der Waals surface area contributed by atoms with Gasteiger partial charge in [0.2, 0.25) is 0 Å². The van der Waals surface area contributed by atoms with Crippen LogP contribution >= 0.6 is 15.9 Å². The lowest BCUT2D eigenvalue weighted by atomic mass is 10.00. The second-order valence-corrected chi connectivity index (χ2v) is 6.10. The van der Waals surface area contributed by atoms with Gasteiger partial charge in [-0.15, -0.1) is 0 Å². The lowest BCUT2D eigenvalue weighted by molar-refractivity contribution is 0.520. The van der Waals surface area contributed by atoms with E-state index in [1.165, 1.54) is 44.6 Å². The summed E-state index contributed by atoms with van der Waals surface area (Å²) < 4.78 is 14.5. The molecule has 1 atom stereocenters. The van der Waals surface area contributed by atoms with E-state index in [0.717, 1.165) is 17.3 Å². The Kier molecular flexibility index (Phi) is 8.31. The third-order valence-electron chi connectivity index (χ3n) is 3.48. The summed E-state index contributed by atoms with van der Waals surface area (Å²) in [5.74, 6) is -0.204. The van der Waals surface area contributed by atoms with Gasteiger partial charge in [-0.05, 0) is 18.6 Å². The first kappa shape index (κ1) is 16.6. The lowest BCUT2D eigenvalue weighted by Crippen LogP contribution is -2.12. The highest BCUT2D eigenvalue weighted by atomic mass is 79.9. The highest BCUT2D eigenvalue weighted by molar-refractivity contribution is 9.10. The van der Waals surface area contributed by atoms with Crippen molar-refractivity contribution in [2.45, 2.75) is 64.3 Å². The number of benzene rings is 1. The van der Waals surface area contributed by atoms with E-state index in [1.807, 2.05) is 6.07 Å². The van der Waals surface area contributed by atoms with Crippen molar-refractivity contribution in [3.05, 3.63) is 34.1 Å². The van der Waals surface area contributed by atoms with Gasteiger partial charge in [0, 0.05) is 16.1 Å². The minimum Gasteiger partial charge on any atom is -0.324 e. The van der Waals surface area contributed by atoms with Crippen LogP contribution < -0.4 is 5.73 Å². The molecule has 0 aliphatic carbocycles. The lowest BCUT2D eigenvalue weighted by Gasteiger charge is -2.13. The fourth-order valence-corrected chi connectivity index (χ4v) is 2.61. The summed E-state index contributed by atoms with van der Waals surface area (Å²) in [4.78, 5) is 0. The Balaban J connectivity index is 2.22. The number of nitrogens with two attached hydrogens (primary N) is 1. The average molecular weight is 330 g/mol. The Hall–Kier alpha value is -0.410. The van der Waals surface area contributed by atoms with Crippen LogP contribution in [-0.2, 0) is 0 Å². The molecule has 108 valence electrons. The van der Waals surface area contributed by atoms with E-state index in [-0.39, 0.29) is 11.9 Å². The minimum atomic E-state index is -0.204. The Morgan fingerprint density at radius 3 is 2.37 bits per heavy atom. The monoisotopic (exact) mass is 329 g/mol. The Bertz CT molecular complexity index is 368. The van der Waals surface area contributed by atoms with E-state index >= 15 is 0 Å². The molecule has 0 bridgehead atoms. The molecule has 0 aliphatic heterocycles. The molecule has 0 saturated heterocycles. The van der Waals surface area contributed by atoms with E-state index in [1.54, 1.807) is 6.07 Å². The number of unbranched alkanes of at least 4 members (excludes halogenated alkanes) is 6. The SMILES string of the molecule is CCCCCCCCCC(N)c1ccc(Br)cc1F. The largest absolute Gasteiger partial charge is 0.324 e. The zero-order valence-electron chi connectivity index (χ0n) is 11.8. The summed E-state index contributed by atoms with van der Waals surface area (Å²) in [6.45, 7) is 2.23. The molecule has 1 aromatic rings. The first-order chi connectivity index (χ1) is 9.15. The molecule has 0 saturated carbocycles. The first-order valence-electron chi connectivity index (χ1n) is 7.35. The van der Waals surface area contributed by atoms with Gasteiger partial charge in [0.15, 0.2) is 0 Å². The summed E-state index contributed by atoms with van der Waals surface area (Å²) in [7, 11) is 0. The zero-order valence-corrected chi connectivity index (χ0v) is 13.4. The van der Waals surface area contributed by atoms with Crippen LogP contribution in [0.1, 0.15) is 69.9 Å². The topological polar surface area (TPSA) is 26.0 Å². The Labute approximate surface area is 124 Å². The molecule has 1 aromatic carbocycles. The maximum Gasteiger partial charge on any atom is 0.129 e. The molecule has 2 N–H and O–H groups in total. The van der Waals surface area contributed by atoms with E-state index in [4.69, 9.17) is 5.73 Å². The van der Waals surface area contributed by atoms with Gasteiger partial charge < -0.3 is 5.73 Å². The van der Waals surface area contributed by atoms with Gasteiger partial charge in [0.05, 0.1) is 0 Å². The average Bonchev–Trinajstić information content (AvgIpc) is 2.37. The van der Waals surface area contributed by atoms with Crippen molar-refractivity contribution in [1.29, 1.82) is 0 Å². The van der Waals surface area contributed by atoms with Crippen LogP contribution in [0, 0.1) is 5.82 Å². The Morgan fingerprint density at radius 1 is 1.11 bits per heavy atom. The molecule has 1 nitrogen and oxygen atoms in total. The molecule has 0 spiro atoms. The molecule has 19 heavy (non-hydrogen) atoms. The van der Waals surface area contributed by atoms with Crippen LogP contribution in [0.25, 0.3) is 0 Å². The number of halogens is 2. The third-order valence-corrected chi connectivity index (χ3v) is 3.97. The second-order valence-electron chi connectivity index (χ2n) is 5.18. The molecule has 0 fully saturated rings. The minimum absolute atomic E-state index is 0.177. The predicted octanol–water partition coefficient (Wildman–Crippen LogP) is 5.73. The standard InChI is InChI=1S/C16H25BrFN/c1-2-3-4-5-6-7-8-9-16(19)14-11-10-13(17)12-15(14)18/h10-12,16H,2-9,19H2,1H3. The van der Waals surface area contributed by atoms with Crippen molar-refractivity contribution in [3.63, 3.8) is 0 Å². The van der Waals surface area contributed by atoms with Gasteiger partial charge in [-0.2, -0.15) is 0 Å². The van der Waals surface area contributed by atoms with Crippen LogP contribution in [0.15, 0.2) is 22.7 Å². The van der Waals surface area contributed by atoms with Crippen molar-refractivity contribution in [2.75, 3.05) is 0 Å². The van der Waals surface area contributed by atoms with Crippen molar-refractivity contribution in [1.82, 2.24) is 0 Å². The van der Waals surface area contributed by atoms with E-state index in [2.05, 4.69) is 22.9 Å². The molecule has 0 heterocycles. The van der Waals surface area contributed by atoms with Crippen LogP contribution in [0.5, 0.6) is 0 Å². The highest BCUT2D eigenvalue weighted by Crippen LogP contribution is 2.23. The summed E-state index contributed by atoms with van der Waals surface area (Å²) in [6.07, 6.45) is 9.71. The van der Waals surface area contributed by atoms with Crippen LogP contribution in [0.3, 0.4) is 0 Å². The molecule has 0 aliphatic rings. The molecular formula is C16H25BrFN. The van der Waals surface area contributed by atoms with E-state index in [0.29, 0.717) is 5.56 Å². The Morgan fingerprint density at radius 2 is 1.74 bits per heavy atom. The molecule has 0 radical (unpaired) electrons. The van der Waals surface area contributed by atoms with Gasteiger partial charge in [-0.1, -0.05) is 73.9 Å². The van der Waals surface area contributed by atoms with E-state index in [9.17, 15) is 4.39 Å². The van der Waals surface area contributed by atoms with Gasteiger partial charge >= 0.3 is 0 Å². The second kappa shape index (κ2) is 9.49. The molecule has 3 heteroatoms. The van der Waals surface area contributed by atoms with Gasteiger partial charge in [-0.25, -0.2) is 4.39 Å². The molecule has 0 amide bonds. The van der Waals surface area contributed by atoms with Crippen LogP contribution in [0.4, 0.5) is 4.39 Å². The molecule has 0 aromatic heterocycles. The third kappa shape index (κ3) is 6.53. The summed E-state index contributed by atoms with van der Waals surface area (Å²) in [5.41, 5.74) is 6.69. The van der Waals surface area contributed by atoms with Crippen LogP contribution in [0.2, 0.25) is 0 Å². The molecular weight excluding hydrogens is 305 g/mol. The smallest absolute Gasteiger partial charge is 0.129 e. The first-order valence-corrected chi connectivity index (χ1v) is 8.15. The molecule has 1 rings (SSSR count). The fourth-order valence-electron chi connectivity index (χ4n) is 2.28. The van der Waals surface area contributed by atoms with Crippen molar-refractivity contribution in [2.24, 2.45) is 5.73 Å². The number of rotatable bonds is 9. The maximum atomic E-state index is 13.7. The normalized spacial score (nSPS) is 12.6. The van der Waals surface area contributed by atoms with Gasteiger partial charge in [0.1, 0.15) is 5.82 Å². The van der Waals surface area contributed by atoms with Gasteiger partial charge in [0.25, 0.3) is 0 Å². The van der Waals surface area contributed by atoms with Crippen molar-refractivity contribution < 1.29 is 4.39 Å². The quantitative estimate of drug-likeness (QED) is 0.575. The molecule has 1 unspecified atom stereocenters. The predicted molar refractivity (Wildman–Crippen MR) is 83.6 cm³/mol. The number of hydrogen-bond donors (Lipinski definition) is 1. The fraction of sp³-hybridized carbons (Fsp3) is 0.625. The summed E-state index contributed by atoms with van der Waals surface area (Å²) in [6, 6.07) is 4.94. The number of hydrogen-bond acceptors (Lipinski definition) is 1. The highest BCUT2D eigenvalue weighted by Gasteiger charge is 2.11. The maximum absolute atomic E-state index is 13.7. The van der Waals surface area contributed by atoms with Crippen molar-refractivity contribution in [3.8, 4) is 0 Å². The van der Waals surface area contributed by atoms with E-state index < -0.39 is 0 Å². The van der Waals surface area contributed by atoms with Crippen LogP contribution in [-0.4, -0.2) is 0 Å². The summed E-state index contributed by atoms with van der Waals surface area (Å²) >= 11 is 3.26. The van der Waals surface area contributed by atoms with Crippen molar-refractivity contribution >= 4 is 15.9 Å².